The van der Waals surface area contributed by atoms with Gasteiger partial charge in [0, 0.05) is 5.25 Å². The Morgan fingerprint density at radius 1 is 1.00 bits per heavy atom. The highest BCUT2D eigenvalue weighted by Crippen LogP contribution is 2.67. The Morgan fingerprint density at radius 3 is 2.36 bits per heavy atom. The van der Waals surface area contributed by atoms with Gasteiger partial charge in [-0.1, -0.05) is 80.1 Å². The molecule has 6 unspecified atom stereocenters. The monoisotopic (exact) mass is 496 g/mol. The summed E-state index contributed by atoms with van der Waals surface area (Å²) in [5.74, 6) is 10.2. The summed E-state index contributed by atoms with van der Waals surface area (Å²) in [5, 5.41) is 0.672. The molecule has 196 valence electrons. The van der Waals surface area contributed by atoms with Crippen LogP contribution in [0.15, 0.2) is 0 Å². The van der Waals surface area contributed by atoms with E-state index in [0.29, 0.717) is 16.1 Å². The predicted molar refractivity (Wildman–Crippen MR) is 157 cm³/mol. The zero-order valence-corrected chi connectivity index (χ0v) is 25.2. The molecule has 0 radical (unpaired) electrons. The third kappa shape index (κ3) is 7.36. The fourth-order valence-electron chi connectivity index (χ4n) is 8.31. The minimum Gasteiger partial charge on any atom is -0.240 e. The van der Waals surface area contributed by atoms with Crippen molar-refractivity contribution in [1.29, 1.82) is 0 Å². The minimum atomic E-state index is -0.336. The van der Waals surface area contributed by atoms with Gasteiger partial charge in [-0.25, -0.2) is 10.0 Å². The highest BCUT2D eigenvalue weighted by molar-refractivity contribution is 8.34. The number of hydrogen-bond donors (Lipinski definition) is 1. The first-order valence-electron chi connectivity index (χ1n) is 15.1. The zero-order valence-electron chi connectivity index (χ0n) is 23.5. The van der Waals surface area contributed by atoms with Crippen molar-refractivity contribution >= 4 is 22.7 Å². The van der Waals surface area contributed by atoms with Crippen LogP contribution in [0.3, 0.4) is 0 Å². The van der Waals surface area contributed by atoms with E-state index in [1.807, 2.05) is 0 Å². The first-order chi connectivity index (χ1) is 15.7. The van der Waals surface area contributed by atoms with E-state index in [1.54, 1.807) is 35.9 Å². The average Bonchev–Trinajstić information content (AvgIpc) is 3.53. The van der Waals surface area contributed by atoms with Crippen LogP contribution in [0.4, 0.5) is 0 Å². The van der Waals surface area contributed by atoms with Crippen LogP contribution >= 0.6 is 22.7 Å². The van der Waals surface area contributed by atoms with Gasteiger partial charge in [-0.15, -0.1) is 0 Å². The van der Waals surface area contributed by atoms with E-state index in [-0.39, 0.29) is 10.0 Å². The Bertz CT molecular complexity index is 579. The van der Waals surface area contributed by atoms with Gasteiger partial charge in [0.1, 0.15) is 0 Å². The lowest BCUT2D eigenvalue weighted by Gasteiger charge is -2.38. The molecule has 33 heavy (non-hydrogen) atoms. The Hall–Kier alpha value is 0.700. The molecule has 6 atom stereocenters. The van der Waals surface area contributed by atoms with Crippen LogP contribution in [0.5, 0.6) is 0 Å². The highest BCUT2D eigenvalue weighted by Gasteiger charge is 2.49. The smallest absolute Gasteiger partial charge is 0.00736 e. The van der Waals surface area contributed by atoms with Crippen LogP contribution < -0.4 is 0 Å². The second kappa shape index (κ2) is 12.3. The molecule has 0 aromatic carbocycles. The maximum atomic E-state index is 5.21. The topological polar surface area (TPSA) is 0 Å². The van der Waals surface area contributed by atoms with E-state index in [9.17, 15) is 0 Å². The van der Waals surface area contributed by atoms with Crippen LogP contribution in [-0.4, -0.2) is 28.3 Å². The summed E-state index contributed by atoms with van der Waals surface area (Å²) in [6.07, 6.45) is 20.4. The molecule has 0 aromatic heterocycles. The second-order valence-corrected chi connectivity index (χ2v) is 18.3. The molecule has 2 aliphatic heterocycles. The van der Waals surface area contributed by atoms with Gasteiger partial charge in [-0.3, -0.25) is 0 Å². The third-order valence-electron chi connectivity index (χ3n) is 10.8. The largest absolute Gasteiger partial charge is 0.240 e. The predicted octanol–water partition coefficient (Wildman–Crippen LogP) is 10.1. The van der Waals surface area contributed by atoms with E-state index in [1.165, 1.54) is 77.0 Å². The summed E-state index contributed by atoms with van der Waals surface area (Å²) in [5.41, 5.74) is 1.24. The maximum absolute atomic E-state index is 5.21. The molecular formula is C31H60S2. The first kappa shape index (κ1) is 28.3. The van der Waals surface area contributed by atoms with Gasteiger partial charge in [0.25, 0.3) is 0 Å². The van der Waals surface area contributed by atoms with Crippen molar-refractivity contribution in [2.45, 2.75) is 137 Å². The van der Waals surface area contributed by atoms with Crippen molar-refractivity contribution in [2.75, 3.05) is 23.0 Å². The summed E-state index contributed by atoms with van der Waals surface area (Å²) in [4.78, 5) is 0. The molecule has 3 aliphatic rings. The lowest BCUT2D eigenvalue weighted by Crippen LogP contribution is -2.28. The van der Waals surface area contributed by atoms with Gasteiger partial charge in [-0.05, 0) is 109 Å². The normalized spacial score (nSPS) is 35.7. The third-order valence-corrected chi connectivity index (χ3v) is 16.2. The zero-order chi connectivity index (χ0) is 24.1. The van der Waals surface area contributed by atoms with Crippen molar-refractivity contribution < 1.29 is 0 Å². The molecule has 1 saturated carbocycles. The van der Waals surface area contributed by atoms with E-state index >= 15 is 0 Å². The van der Waals surface area contributed by atoms with Gasteiger partial charge >= 0.3 is 0 Å². The molecular weight excluding hydrogens is 436 g/mol. The summed E-state index contributed by atoms with van der Waals surface area (Å²) < 4.78 is 0. The molecule has 2 heteroatoms. The van der Waals surface area contributed by atoms with Crippen LogP contribution in [0, 0.1) is 34.5 Å². The minimum absolute atomic E-state index is 0.336. The molecule has 1 aliphatic carbocycles. The van der Waals surface area contributed by atoms with E-state index in [4.69, 9.17) is 12.6 Å². The van der Waals surface area contributed by atoms with Crippen molar-refractivity contribution in [3.8, 4) is 0 Å². The van der Waals surface area contributed by atoms with Crippen molar-refractivity contribution in [3.63, 3.8) is 0 Å². The van der Waals surface area contributed by atoms with Crippen LogP contribution in [0.1, 0.15) is 131 Å². The molecule has 0 bridgehead atoms. The van der Waals surface area contributed by atoms with E-state index in [0.717, 1.165) is 23.7 Å². The maximum Gasteiger partial charge on any atom is 0.00736 e. The molecule has 1 spiro atoms. The van der Waals surface area contributed by atoms with Gasteiger partial charge in [0.05, 0.1) is 0 Å². The van der Waals surface area contributed by atoms with Crippen molar-refractivity contribution in [1.82, 2.24) is 0 Å². The fraction of sp³-hybridized carbons (Fsp3) is 1.00. The summed E-state index contributed by atoms with van der Waals surface area (Å²) in [7, 11) is -0.336. The lowest BCUT2D eigenvalue weighted by molar-refractivity contribution is 0.212. The number of rotatable bonds is 13. The summed E-state index contributed by atoms with van der Waals surface area (Å²) >= 11 is 5.21. The standard InChI is InChI=1S/C31H60S2/c1-7-17-30(5,6)18-12-13-26(8-2)22-31(9-3)19-21-33(24-31)20-16-28(23-33)25(4)29(32)27-14-10-11-15-27/h25-29,32H,7-24H2,1-6H3. The Balaban J connectivity index is 1.53. The molecule has 2 saturated heterocycles. The highest BCUT2D eigenvalue weighted by atomic mass is 32.3. The van der Waals surface area contributed by atoms with Gasteiger partial charge in [0.15, 0.2) is 0 Å². The molecule has 3 fully saturated rings. The summed E-state index contributed by atoms with van der Waals surface area (Å²) in [6.45, 7) is 14.9. The first-order valence-corrected chi connectivity index (χ1v) is 17.9. The van der Waals surface area contributed by atoms with Crippen LogP contribution in [0.2, 0.25) is 0 Å². The van der Waals surface area contributed by atoms with Crippen molar-refractivity contribution in [2.24, 2.45) is 34.5 Å². The van der Waals surface area contributed by atoms with Gasteiger partial charge in [-0.2, -0.15) is 12.6 Å². The van der Waals surface area contributed by atoms with Crippen LogP contribution in [-0.2, 0) is 0 Å². The molecule has 0 aromatic rings. The molecule has 2 heterocycles. The Kier molecular flexibility index (Phi) is 10.5. The SMILES string of the molecule is CCCC(C)(C)CCCC(CC)CC1(CC)CCS2(CCC(C(C)C(S)C3CCCC3)C2)C1. The average molecular weight is 497 g/mol. The van der Waals surface area contributed by atoms with Gasteiger partial charge < -0.3 is 0 Å². The molecule has 3 rings (SSSR count). The molecule has 0 nitrogen and oxygen atoms in total. The van der Waals surface area contributed by atoms with Crippen LogP contribution in [0.25, 0.3) is 0 Å². The van der Waals surface area contributed by atoms with E-state index < -0.39 is 0 Å². The second-order valence-electron chi connectivity index (χ2n) is 13.8. The van der Waals surface area contributed by atoms with Crippen molar-refractivity contribution in [3.05, 3.63) is 0 Å². The molecule has 0 amide bonds. The quantitative estimate of drug-likeness (QED) is 0.241. The lowest BCUT2D eigenvalue weighted by atomic mass is 9.74. The molecule has 0 N–H and O–H groups in total. The fourth-order valence-corrected chi connectivity index (χ4v) is 14.6. The van der Waals surface area contributed by atoms with Gasteiger partial charge in [0.2, 0.25) is 0 Å². The summed E-state index contributed by atoms with van der Waals surface area (Å²) in [6, 6.07) is 0. The number of hydrogen-bond acceptors (Lipinski definition) is 1. The Labute approximate surface area is 216 Å². The Morgan fingerprint density at radius 2 is 1.73 bits per heavy atom. The van der Waals surface area contributed by atoms with E-state index in [2.05, 4.69) is 41.5 Å². The number of thiol groups is 1.